The molecule has 1 nitrogen and oxygen atoms in total. The molecule has 0 saturated heterocycles. The van der Waals surface area contributed by atoms with Gasteiger partial charge in [-0.1, -0.05) is 35.3 Å². The van der Waals surface area contributed by atoms with Gasteiger partial charge >= 0.3 is 0 Å². The summed E-state index contributed by atoms with van der Waals surface area (Å²) in [6, 6.07) is 12.0. The molecule has 2 aromatic carbocycles. The van der Waals surface area contributed by atoms with Crippen LogP contribution in [0.1, 0.15) is 6.92 Å². The van der Waals surface area contributed by atoms with Crippen molar-refractivity contribution in [1.29, 1.82) is 0 Å². The van der Waals surface area contributed by atoms with Crippen LogP contribution in [-0.2, 0) is 6.54 Å². The molecule has 86 valence electrons. The lowest BCUT2D eigenvalue weighted by molar-refractivity contribution is 0.827. The Hall–Kier alpha value is -1.18. The average Bonchev–Trinajstić information content (AvgIpc) is 2.60. The van der Waals surface area contributed by atoms with E-state index >= 15 is 0 Å². The highest BCUT2D eigenvalue weighted by molar-refractivity contribution is 6.32. The molecule has 3 rings (SSSR count). The van der Waals surface area contributed by atoms with Crippen molar-refractivity contribution in [3.63, 3.8) is 0 Å². The van der Waals surface area contributed by atoms with E-state index in [0.717, 1.165) is 27.6 Å². The first-order chi connectivity index (χ1) is 8.20. The highest BCUT2D eigenvalue weighted by Gasteiger charge is 2.09. The van der Waals surface area contributed by atoms with Crippen molar-refractivity contribution in [3.8, 4) is 0 Å². The summed E-state index contributed by atoms with van der Waals surface area (Å²) in [5, 5.41) is 3.98. The number of hydrogen-bond acceptors (Lipinski definition) is 0. The molecule has 3 heteroatoms. The minimum absolute atomic E-state index is 0.765. The number of aromatic nitrogens is 1. The molecule has 0 aliphatic rings. The summed E-state index contributed by atoms with van der Waals surface area (Å²) in [6.07, 6.45) is 0. The second kappa shape index (κ2) is 3.94. The van der Waals surface area contributed by atoms with Gasteiger partial charge in [-0.2, -0.15) is 0 Å². The van der Waals surface area contributed by atoms with Gasteiger partial charge in [0.2, 0.25) is 0 Å². The third-order valence-electron chi connectivity index (χ3n) is 3.11. The zero-order chi connectivity index (χ0) is 12.0. The SMILES string of the molecule is CCn1c2cc(Cl)ccc2c2ccc(Cl)cc21. The van der Waals surface area contributed by atoms with Crippen LogP contribution in [0, 0.1) is 0 Å². The van der Waals surface area contributed by atoms with Gasteiger partial charge in [-0.3, -0.25) is 0 Å². The van der Waals surface area contributed by atoms with Crippen molar-refractivity contribution in [3.05, 3.63) is 46.4 Å². The van der Waals surface area contributed by atoms with Gasteiger partial charge in [0.15, 0.2) is 0 Å². The topological polar surface area (TPSA) is 4.93 Å². The van der Waals surface area contributed by atoms with Crippen LogP contribution in [-0.4, -0.2) is 4.57 Å². The molecule has 0 amide bonds. The Morgan fingerprint density at radius 1 is 0.882 bits per heavy atom. The number of aryl methyl sites for hydroxylation is 1. The third-order valence-corrected chi connectivity index (χ3v) is 3.58. The minimum Gasteiger partial charge on any atom is -0.341 e. The Balaban J connectivity index is 2.56. The molecule has 0 radical (unpaired) electrons. The van der Waals surface area contributed by atoms with Gasteiger partial charge in [-0.25, -0.2) is 0 Å². The van der Waals surface area contributed by atoms with Crippen molar-refractivity contribution in [1.82, 2.24) is 4.57 Å². The monoisotopic (exact) mass is 263 g/mol. The highest BCUT2D eigenvalue weighted by Crippen LogP contribution is 2.32. The molecular weight excluding hydrogens is 253 g/mol. The first-order valence-corrected chi connectivity index (χ1v) is 6.33. The van der Waals surface area contributed by atoms with Crippen molar-refractivity contribution in [2.45, 2.75) is 13.5 Å². The fourth-order valence-corrected chi connectivity index (χ4v) is 2.71. The molecule has 1 heterocycles. The smallest absolute Gasteiger partial charge is 0.0506 e. The van der Waals surface area contributed by atoms with Crippen LogP contribution < -0.4 is 0 Å². The van der Waals surface area contributed by atoms with Crippen LogP contribution >= 0.6 is 23.2 Å². The largest absolute Gasteiger partial charge is 0.341 e. The summed E-state index contributed by atoms with van der Waals surface area (Å²) in [5.41, 5.74) is 2.33. The van der Waals surface area contributed by atoms with Gasteiger partial charge in [-0.15, -0.1) is 0 Å². The lowest BCUT2D eigenvalue weighted by atomic mass is 10.1. The fraction of sp³-hybridized carbons (Fsp3) is 0.143. The number of benzene rings is 2. The minimum atomic E-state index is 0.765. The Kier molecular flexibility index (Phi) is 2.53. The van der Waals surface area contributed by atoms with E-state index in [0.29, 0.717) is 0 Å². The Labute approximate surface area is 110 Å². The van der Waals surface area contributed by atoms with Crippen LogP contribution in [0.25, 0.3) is 21.8 Å². The predicted molar refractivity (Wildman–Crippen MR) is 75.1 cm³/mol. The molecule has 1 aromatic heterocycles. The molecule has 0 saturated carbocycles. The first-order valence-electron chi connectivity index (χ1n) is 5.57. The highest BCUT2D eigenvalue weighted by atomic mass is 35.5. The van der Waals surface area contributed by atoms with E-state index in [4.69, 9.17) is 23.2 Å². The predicted octanol–water partition coefficient (Wildman–Crippen LogP) is 5.12. The van der Waals surface area contributed by atoms with Gasteiger partial charge in [0, 0.05) is 27.4 Å². The van der Waals surface area contributed by atoms with Gasteiger partial charge in [0.05, 0.1) is 11.0 Å². The van der Waals surface area contributed by atoms with Crippen molar-refractivity contribution in [2.24, 2.45) is 0 Å². The van der Waals surface area contributed by atoms with E-state index in [1.807, 2.05) is 24.3 Å². The van der Waals surface area contributed by atoms with Crippen molar-refractivity contribution in [2.75, 3.05) is 0 Å². The fourth-order valence-electron chi connectivity index (χ4n) is 2.38. The maximum atomic E-state index is 6.07. The van der Waals surface area contributed by atoms with Crippen LogP contribution in [0.5, 0.6) is 0 Å². The number of nitrogens with zero attached hydrogens (tertiary/aromatic N) is 1. The zero-order valence-electron chi connectivity index (χ0n) is 9.37. The maximum absolute atomic E-state index is 6.07. The van der Waals surface area contributed by atoms with Crippen LogP contribution in [0.4, 0.5) is 0 Å². The van der Waals surface area contributed by atoms with E-state index < -0.39 is 0 Å². The second-order valence-electron chi connectivity index (χ2n) is 4.07. The van der Waals surface area contributed by atoms with Gasteiger partial charge in [-0.05, 0) is 31.2 Å². The standard InChI is InChI=1S/C14H11Cl2N/c1-2-17-13-7-9(15)3-5-11(13)12-6-4-10(16)8-14(12)17/h3-8H,2H2,1H3. The number of rotatable bonds is 1. The molecule has 0 aliphatic heterocycles. The summed E-state index contributed by atoms with van der Waals surface area (Å²) in [7, 11) is 0. The maximum Gasteiger partial charge on any atom is 0.0506 e. The second-order valence-corrected chi connectivity index (χ2v) is 4.94. The molecule has 0 atom stereocenters. The average molecular weight is 264 g/mol. The lowest BCUT2D eigenvalue weighted by Crippen LogP contribution is -1.92. The van der Waals surface area contributed by atoms with Gasteiger partial charge in [0.25, 0.3) is 0 Å². The lowest BCUT2D eigenvalue weighted by Gasteiger charge is -2.03. The van der Waals surface area contributed by atoms with Crippen LogP contribution in [0.15, 0.2) is 36.4 Å². The van der Waals surface area contributed by atoms with Crippen LogP contribution in [0.3, 0.4) is 0 Å². The van der Waals surface area contributed by atoms with Gasteiger partial charge in [0.1, 0.15) is 0 Å². The van der Waals surface area contributed by atoms with E-state index in [2.05, 4.69) is 23.6 Å². The molecule has 0 N–H and O–H groups in total. The van der Waals surface area contributed by atoms with Crippen molar-refractivity contribution >= 4 is 45.0 Å². The number of halogens is 2. The zero-order valence-corrected chi connectivity index (χ0v) is 10.9. The summed E-state index contributed by atoms with van der Waals surface area (Å²) < 4.78 is 2.24. The van der Waals surface area contributed by atoms with E-state index in [-0.39, 0.29) is 0 Å². The molecule has 0 aliphatic carbocycles. The molecule has 0 bridgehead atoms. The molecular formula is C14H11Cl2N. The quantitative estimate of drug-likeness (QED) is 0.574. The molecule has 3 aromatic rings. The summed E-state index contributed by atoms with van der Waals surface area (Å²) >= 11 is 12.1. The summed E-state index contributed by atoms with van der Waals surface area (Å²) in [4.78, 5) is 0. The Bertz CT molecular complexity index is 654. The molecule has 17 heavy (non-hydrogen) atoms. The summed E-state index contributed by atoms with van der Waals surface area (Å²) in [6.45, 7) is 3.03. The normalized spacial score (nSPS) is 11.5. The molecule has 0 spiro atoms. The molecule has 0 unspecified atom stereocenters. The number of hydrogen-bond donors (Lipinski definition) is 0. The van der Waals surface area contributed by atoms with E-state index in [1.165, 1.54) is 10.8 Å². The Morgan fingerprint density at radius 2 is 1.35 bits per heavy atom. The summed E-state index contributed by atoms with van der Waals surface area (Å²) in [5.74, 6) is 0. The molecule has 0 fully saturated rings. The van der Waals surface area contributed by atoms with E-state index in [9.17, 15) is 0 Å². The third kappa shape index (κ3) is 1.62. The first kappa shape index (κ1) is 10.9. The Morgan fingerprint density at radius 3 is 1.76 bits per heavy atom. The van der Waals surface area contributed by atoms with Crippen molar-refractivity contribution < 1.29 is 0 Å². The van der Waals surface area contributed by atoms with Gasteiger partial charge < -0.3 is 4.57 Å². The number of fused-ring (bicyclic) bond motifs is 3. The van der Waals surface area contributed by atoms with Crippen LogP contribution in [0.2, 0.25) is 10.0 Å². The van der Waals surface area contributed by atoms with E-state index in [1.54, 1.807) is 0 Å².